The van der Waals surface area contributed by atoms with Crippen molar-refractivity contribution in [1.82, 2.24) is 5.32 Å². The van der Waals surface area contributed by atoms with Crippen molar-refractivity contribution in [1.29, 1.82) is 0 Å². The molecule has 1 aromatic carbocycles. The van der Waals surface area contributed by atoms with Gasteiger partial charge >= 0.3 is 0 Å². The van der Waals surface area contributed by atoms with E-state index in [1.807, 2.05) is 0 Å². The van der Waals surface area contributed by atoms with Gasteiger partial charge in [0.05, 0.1) is 0 Å². The molecule has 19 heavy (non-hydrogen) atoms. The van der Waals surface area contributed by atoms with Crippen LogP contribution in [0.25, 0.3) is 0 Å². The second-order valence-corrected chi connectivity index (χ2v) is 4.26. The number of guanidine groups is 1. The fourth-order valence-corrected chi connectivity index (χ4v) is 2.01. The molecule has 1 unspecified atom stereocenters. The molecule has 0 amide bonds. The average molecular weight is 264 g/mol. The highest BCUT2D eigenvalue weighted by Crippen LogP contribution is 2.37. The fourth-order valence-electron chi connectivity index (χ4n) is 2.01. The molecule has 5 N–H and O–H groups in total. The lowest BCUT2D eigenvalue weighted by Crippen LogP contribution is -2.44. The predicted molar refractivity (Wildman–Crippen MR) is 67.2 cm³/mol. The van der Waals surface area contributed by atoms with E-state index in [1.165, 1.54) is 0 Å². The maximum absolute atomic E-state index is 14.0. The summed E-state index contributed by atoms with van der Waals surface area (Å²) in [5.74, 6) is 0.555. The number of nitrogens with one attached hydrogen (secondary N) is 1. The molecule has 0 saturated heterocycles. The van der Waals surface area contributed by atoms with Gasteiger partial charge < -0.3 is 20.5 Å². The molecule has 2 aliphatic rings. The van der Waals surface area contributed by atoms with Crippen LogP contribution in [0.4, 0.5) is 4.39 Å². The van der Waals surface area contributed by atoms with E-state index in [0.29, 0.717) is 30.3 Å². The van der Waals surface area contributed by atoms with Crippen molar-refractivity contribution in [3.05, 3.63) is 35.8 Å². The van der Waals surface area contributed by atoms with Crippen LogP contribution in [0.15, 0.2) is 35.2 Å². The standard InChI is InChI=1S/C12H13FN4O2/c13-10-6-16-11(14)17-12(10,15)7-1-2-8-9(5-7)19-4-3-18-8/h1-2,5-6H,3-4,15H2,(H3,14,16,17). The fraction of sp³-hybridized carbons (Fsp3) is 0.250. The Labute approximate surface area is 108 Å². The van der Waals surface area contributed by atoms with Crippen molar-refractivity contribution in [3.63, 3.8) is 0 Å². The largest absolute Gasteiger partial charge is 0.486 e. The molecule has 1 atom stereocenters. The van der Waals surface area contributed by atoms with Gasteiger partial charge in [-0.05, 0) is 12.1 Å². The molecule has 0 radical (unpaired) electrons. The Morgan fingerprint density at radius 2 is 2.00 bits per heavy atom. The van der Waals surface area contributed by atoms with E-state index < -0.39 is 11.5 Å². The first kappa shape index (κ1) is 11.8. The first-order valence-corrected chi connectivity index (χ1v) is 5.76. The van der Waals surface area contributed by atoms with Crippen molar-refractivity contribution >= 4 is 5.96 Å². The molecule has 0 bridgehead atoms. The molecule has 1 aromatic rings. The van der Waals surface area contributed by atoms with E-state index in [-0.39, 0.29) is 5.96 Å². The molecule has 0 saturated carbocycles. The van der Waals surface area contributed by atoms with E-state index in [1.54, 1.807) is 18.2 Å². The van der Waals surface area contributed by atoms with E-state index >= 15 is 0 Å². The number of rotatable bonds is 1. The van der Waals surface area contributed by atoms with Crippen LogP contribution in [-0.2, 0) is 5.66 Å². The summed E-state index contributed by atoms with van der Waals surface area (Å²) in [6.45, 7) is 0.933. The molecule has 0 spiro atoms. The Morgan fingerprint density at radius 1 is 1.26 bits per heavy atom. The lowest BCUT2D eigenvalue weighted by molar-refractivity contribution is 0.171. The number of hydrogen-bond acceptors (Lipinski definition) is 6. The molecular weight excluding hydrogens is 251 g/mol. The van der Waals surface area contributed by atoms with Crippen LogP contribution in [0, 0.1) is 0 Å². The van der Waals surface area contributed by atoms with Crippen molar-refractivity contribution in [3.8, 4) is 11.5 Å². The summed E-state index contributed by atoms with van der Waals surface area (Å²) in [4.78, 5) is 3.94. The third-order valence-electron chi connectivity index (χ3n) is 2.99. The third kappa shape index (κ3) is 1.88. The van der Waals surface area contributed by atoms with Crippen LogP contribution < -0.4 is 26.3 Å². The number of halogens is 1. The van der Waals surface area contributed by atoms with Gasteiger partial charge in [0.2, 0.25) is 0 Å². The summed E-state index contributed by atoms with van der Waals surface area (Å²) in [5, 5.41) is 2.47. The zero-order valence-corrected chi connectivity index (χ0v) is 10.0. The van der Waals surface area contributed by atoms with Gasteiger partial charge in [-0.25, -0.2) is 9.38 Å². The van der Waals surface area contributed by atoms with E-state index in [2.05, 4.69) is 10.3 Å². The van der Waals surface area contributed by atoms with Gasteiger partial charge in [-0.2, -0.15) is 0 Å². The molecule has 2 heterocycles. The van der Waals surface area contributed by atoms with Crippen LogP contribution in [0.3, 0.4) is 0 Å². The Balaban J connectivity index is 2.06. The second kappa shape index (κ2) is 4.13. The average Bonchev–Trinajstić information content (AvgIpc) is 2.43. The Kier molecular flexibility index (Phi) is 2.56. The number of nitrogens with two attached hydrogens (primary N) is 2. The van der Waals surface area contributed by atoms with Gasteiger partial charge in [-0.3, -0.25) is 5.73 Å². The zero-order chi connectivity index (χ0) is 13.5. The first-order valence-electron chi connectivity index (χ1n) is 5.76. The smallest absolute Gasteiger partial charge is 0.195 e. The normalized spacial score (nSPS) is 25.2. The van der Waals surface area contributed by atoms with Crippen molar-refractivity contribution in [2.24, 2.45) is 16.5 Å². The first-order chi connectivity index (χ1) is 9.09. The Bertz CT molecular complexity index is 587. The number of ether oxygens (including phenoxy) is 2. The molecule has 0 fully saturated rings. The van der Waals surface area contributed by atoms with E-state index in [0.717, 1.165) is 6.20 Å². The molecular formula is C12H13FN4O2. The van der Waals surface area contributed by atoms with Crippen molar-refractivity contribution in [2.45, 2.75) is 5.66 Å². The lowest BCUT2D eigenvalue weighted by atomic mass is 9.98. The minimum absolute atomic E-state index is 0.0544. The molecule has 6 nitrogen and oxygen atoms in total. The zero-order valence-electron chi connectivity index (χ0n) is 10.0. The van der Waals surface area contributed by atoms with Crippen LogP contribution in [-0.4, -0.2) is 19.2 Å². The van der Waals surface area contributed by atoms with Gasteiger partial charge in [0.1, 0.15) is 13.2 Å². The Morgan fingerprint density at radius 3 is 2.79 bits per heavy atom. The van der Waals surface area contributed by atoms with Gasteiger partial charge in [0, 0.05) is 11.8 Å². The van der Waals surface area contributed by atoms with Crippen molar-refractivity contribution < 1.29 is 13.9 Å². The third-order valence-corrected chi connectivity index (χ3v) is 2.99. The summed E-state index contributed by atoms with van der Waals surface area (Å²) < 4.78 is 24.8. The minimum Gasteiger partial charge on any atom is -0.486 e. The summed E-state index contributed by atoms with van der Waals surface area (Å²) in [6, 6.07) is 4.94. The lowest BCUT2D eigenvalue weighted by Gasteiger charge is -2.28. The molecule has 0 aromatic heterocycles. The Hall–Kier alpha value is -2.28. The molecule has 100 valence electrons. The summed E-state index contributed by atoms with van der Waals surface area (Å²) >= 11 is 0. The topological polar surface area (TPSA) is 94.9 Å². The van der Waals surface area contributed by atoms with Gasteiger partial charge in [-0.1, -0.05) is 6.07 Å². The number of benzene rings is 1. The summed E-state index contributed by atoms with van der Waals surface area (Å²) in [5.41, 5.74) is 10.3. The van der Waals surface area contributed by atoms with E-state index in [4.69, 9.17) is 20.9 Å². The highest BCUT2D eigenvalue weighted by atomic mass is 19.1. The SMILES string of the molecule is NC1=NC(N)(c2ccc3c(c2)OCCO3)C(F)=CN1. The number of aliphatic imine (C=N–C) groups is 1. The summed E-state index contributed by atoms with van der Waals surface area (Å²) in [6.07, 6.45) is 1.10. The predicted octanol–water partition coefficient (Wildman–Crippen LogP) is 0.298. The maximum atomic E-state index is 14.0. The van der Waals surface area contributed by atoms with E-state index in [9.17, 15) is 4.39 Å². The summed E-state index contributed by atoms with van der Waals surface area (Å²) in [7, 11) is 0. The minimum atomic E-state index is -1.63. The van der Waals surface area contributed by atoms with Crippen LogP contribution in [0.5, 0.6) is 11.5 Å². The van der Waals surface area contributed by atoms with Gasteiger partial charge in [0.15, 0.2) is 28.9 Å². The molecule has 7 heteroatoms. The van der Waals surface area contributed by atoms with Crippen LogP contribution in [0.1, 0.15) is 5.56 Å². The molecule has 2 aliphatic heterocycles. The highest BCUT2D eigenvalue weighted by molar-refractivity contribution is 5.81. The quantitative estimate of drug-likeness (QED) is 0.678. The highest BCUT2D eigenvalue weighted by Gasteiger charge is 2.36. The van der Waals surface area contributed by atoms with Gasteiger partial charge in [-0.15, -0.1) is 0 Å². The molecule has 3 rings (SSSR count). The van der Waals surface area contributed by atoms with Crippen LogP contribution in [0.2, 0.25) is 0 Å². The van der Waals surface area contributed by atoms with Crippen LogP contribution >= 0.6 is 0 Å². The maximum Gasteiger partial charge on any atom is 0.195 e. The van der Waals surface area contributed by atoms with Crippen molar-refractivity contribution in [2.75, 3.05) is 13.2 Å². The second-order valence-electron chi connectivity index (χ2n) is 4.26. The number of hydrogen-bond donors (Lipinski definition) is 3. The monoisotopic (exact) mass is 264 g/mol. The van der Waals surface area contributed by atoms with Gasteiger partial charge in [0.25, 0.3) is 0 Å². The number of fused-ring (bicyclic) bond motifs is 1. The molecule has 0 aliphatic carbocycles. The number of nitrogens with zero attached hydrogens (tertiary/aromatic N) is 1.